The molecule has 0 spiro atoms. The van der Waals surface area contributed by atoms with Gasteiger partial charge in [-0.25, -0.2) is 14.4 Å². The van der Waals surface area contributed by atoms with Gasteiger partial charge in [0.25, 0.3) is 5.91 Å². The summed E-state index contributed by atoms with van der Waals surface area (Å²) in [6, 6.07) is 3.99. The van der Waals surface area contributed by atoms with Crippen LogP contribution in [0, 0.1) is 11.7 Å². The quantitative estimate of drug-likeness (QED) is 0.460. The summed E-state index contributed by atoms with van der Waals surface area (Å²) in [6.45, 7) is 14.1. The van der Waals surface area contributed by atoms with Gasteiger partial charge in [-0.1, -0.05) is 0 Å². The number of ether oxygens (including phenoxy) is 1. The number of piperidine rings is 1. The number of rotatable bonds is 8. The molecule has 0 atom stereocenters. The predicted octanol–water partition coefficient (Wildman–Crippen LogP) is 3.97. The van der Waals surface area contributed by atoms with Crippen LogP contribution in [0.2, 0.25) is 0 Å². The highest BCUT2D eigenvalue weighted by Gasteiger charge is 2.33. The topological polar surface area (TPSA) is 82.1 Å². The predicted molar refractivity (Wildman–Crippen MR) is 151 cm³/mol. The molecule has 1 aromatic heterocycles. The summed E-state index contributed by atoms with van der Waals surface area (Å²) >= 11 is 0. The average molecular weight is 551 g/mol. The van der Waals surface area contributed by atoms with Crippen molar-refractivity contribution < 1.29 is 18.7 Å². The van der Waals surface area contributed by atoms with Crippen molar-refractivity contribution in [1.82, 2.24) is 24.7 Å². The summed E-state index contributed by atoms with van der Waals surface area (Å²) in [5.41, 5.74) is 3.01. The third-order valence-electron chi connectivity index (χ3n) is 8.24. The van der Waals surface area contributed by atoms with E-state index in [2.05, 4.69) is 19.8 Å². The van der Waals surface area contributed by atoms with Crippen LogP contribution in [0.3, 0.4) is 0 Å². The number of anilines is 1. The molecule has 1 fully saturated rings. The summed E-state index contributed by atoms with van der Waals surface area (Å²) in [5, 5.41) is 0. The first-order valence-electron chi connectivity index (χ1n) is 14.2. The molecule has 10 heteroatoms. The Morgan fingerprint density at radius 2 is 1.80 bits per heavy atom. The van der Waals surface area contributed by atoms with E-state index in [0.717, 1.165) is 58.7 Å². The Balaban J connectivity index is 1.24. The SMILES string of the molecule is CCN(C(=O)c1cc(F)ccc1Oc1cncnc1N1CC2=C(CN(CC3CCN(C(C)=O)CC3)C2)C1)C(C)C. The van der Waals surface area contributed by atoms with E-state index in [9.17, 15) is 14.0 Å². The van der Waals surface area contributed by atoms with E-state index in [1.54, 1.807) is 18.0 Å². The summed E-state index contributed by atoms with van der Waals surface area (Å²) in [7, 11) is 0. The Labute approximate surface area is 235 Å². The van der Waals surface area contributed by atoms with E-state index >= 15 is 0 Å². The van der Waals surface area contributed by atoms with Gasteiger partial charge in [0.15, 0.2) is 11.6 Å². The van der Waals surface area contributed by atoms with Gasteiger partial charge in [-0.2, -0.15) is 0 Å². The standard InChI is InChI=1S/C30H39FN6O3/c1-5-37(20(2)3)30(39)26-12-25(31)6-7-27(26)40-28-13-32-19-33-29(28)36-17-23-15-34(16-24(23)18-36)14-22-8-10-35(11-9-22)21(4)38/h6-7,12-13,19-20,22H,5,8-11,14-18H2,1-4H3. The minimum atomic E-state index is -0.492. The van der Waals surface area contributed by atoms with E-state index in [-0.39, 0.29) is 29.2 Å². The molecule has 0 unspecified atom stereocenters. The van der Waals surface area contributed by atoms with Gasteiger partial charge in [-0.05, 0) is 68.9 Å². The van der Waals surface area contributed by atoms with Gasteiger partial charge in [0, 0.05) is 65.3 Å². The number of hydrogen-bond acceptors (Lipinski definition) is 7. The first kappa shape index (κ1) is 28.0. The number of aromatic nitrogens is 2. The highest BCUT2D eigenvalue weighted by molar-refractivity contribution is 5.97. The number of hydrogen-bond donors (Lipinski definition) is 0. The Hall–Kier alpha value is -3.53. The van der Waals surface area contributed by atoms with E-state index in [1.807, 2.05) is 25.7 Å². The van der Waals surface area contributed by atoms with Crippen LogP contribution in [0.15, 0.2) is 41.9 Å². The van der Waals surface area contributed by atoms with Crippen molar-refractivity contribution in [2.75, 3.05) is 57.3 Å². The fraction of sp³-hybridized carbons (Fsp3) is 0.533. The van der Waals surface area contributed by atoms with E-state index in [1.165, 1.54) is 35.7 Å². The van der Waals surface area contributed by atoms with Gasteiger partial charge >= 0.3 is 0 Å². The molecular weight excluding hydrogens is 511 g/mol. The molecule has 9 nitrogen and oxygen atoms in total. The van der Waals surface area contributed by atoms with E-state index in [0.29, 0.717) is 24.0 Å². The van der Waals surface area contributed by atoms with Gasteiger partial charge in [0.2, 0.25) is 5.91 Å². The van der Waals surface area contributed by atoms with Gasteiger partial charge in [0.1, 0.15) is 17.9 Å². The lowest BCUT2D eigenvalue weighted by molar-refractivity contribution is -0.130. The normalized spacial score (nSPS) is 18.1. The molecule has 0 aliphatic carbocycles. The molecular formula is C30H39FN6O3. The molecule has 0 N–H and O–H groups in total. The van der Waals surface area contributed by atoms with Gasteiger partial charge in [0.05, 0.1) is 11.8 Å². The summed E-state index contributed by atoms with van der Waals surface area (Å²) in [6.07, 6.45) is 5.23. The number of carbonyl (C=O) groups is 2. The van der Waals surface area contributed by atoms with Crippen molar-refractivity contribution in [3.63, 3.8) is 0 Å². The fourth-order valence-corrected chi connectivity index (χ4v) is 6.13. The number of nitrogens with zero attached hydrogens (tertiary/aromatic N) is 6. The second kappa shape index (κ2) is 11.9. The first-order valence-corrected chi connectivity index (χ1v) is 14.2. The largest absolute Gasteiger partial charge is 0.451 e. The Bertz CT molecular complexity index is 1270. The minimum absolute atomic E-state index is 0.0322. The minimum Gasteiger partial charge on any atom is -0.451 e. The Morgan fingerprint density at radius 3 is 2.42 bits per heavy atom. The molecule has 3 aliphatic heterocycles. The maximum atomic E-state index is 14.2. The van der Waals surface area contributed by atoms with Crippen LogP contribution >= 0.6 is 0 Å². The zero-order valence-corrected chi connectivity index (χ0v) is 23.9. The lowest BCUT2D eigenvalue weighted by Gasteiger charge is -2.34. The third kappa shape index (κ3) is 5.96. The van der Waals surface area contributed by atoms with Crippen molar-refractivity contribution in [3.05, 3.63) is 53.3 Å². The van der Waals surface area contributed by atoms with Crippen molar-refractivity contribution in [2.45, 2.75) is 46.6 Å². The molecule has 1 aromatic carbocycles. The second-order valence-corrected chi connectivity index (χ2v) is 11.3. The molecule has 0 bridgehead atoms. The van der Waals surface area contributed by atoms with Crippen LogP contribution in [0.4, 0.5) is 10.2 Å². The Kier molecular flexibility index (Phi) is 8.35. The van der Waals surface area contributed by atoms with Crippen molar-refractivity contribution in [2.24, 2.45) is 5.92 Å². The van der Waals surface area contributed by atoms with E-state index in [4.69, 9.17) is 4.74 Å². The number of likely N-dealkylation sites (tertiary alicyclic amines) is 1. The van der Waals surface area contributed by atoms with Crippen LogP contribution in [0.5, 0.6) is 11.5 Å². The van der Waals surface area contributed by atoms with Crippen molar-refractivity contribution in [3.8, 4) is 11.5 Å². The van der Waals surface area contributed by atoms with Gasteiger partial charge < -0.3 is 19.4 Å². The molecule has 1 saturated heterocycles. The molecule has 0 radical (unpaired) electrons. The van der Waals surface area contributed by atoms with Gasteiger partial charge in [-0.3, -0.25) is 14.5 Å². The summed E-state index contributed by atoms with van der Waals surface area (Å²) in [5.74, 6) is 1.41. The lowest BCUT2D eigenvalue weighted by atomic mass is 9.96. The average Bonchev–Trinajstić information content (AvgIpc) is 3.49. The molecule has 2 amide bonds. The highest BCUT2D eigenvalue weighted by atomic mass is 19.1. The smallest absolute Gasteiger partial charge is 0.257 e. The molecule has 214 valence electrons. The third-order valence-corrected chi connectivity index (χ3v) is 8.24. The highest BCUT2D eigenvalue weighted by Crippen LogP contribution is 2.37. The number of halogens is 1. The zero-order valence-electron chi connectivity index (χ0n) is 23.9. The second-order valence-electron chi connectivity index (χ2n) is 11.3. The zero-order chi connectivity index (χ0) is 28.4. The monoisotopic (exact) mass is 550 g/mol. The van der Waals surface area contributed by atoms with Crippen molar-refractivity contribution in [1.29, 1.82) is 0 Å². The molecule has 2 aromatic rings. The van der Waals surface area contributed by atoms with Crippen LogP contribution in [0.1, 0.15) is 50.9 Å². The maximum Gasteiger partial charge on any atom is 0.257 e. The molecule has 40 heavy (non-hydrogen) atoms. The maximum absolute atomic E-state index is 14.2. The fourth-order valence-electron chi connectivity index (χ4n) is 6.13. The number of amides is 2. The molecule has 3 aliphatic rings. The Morgan fingerprint density at radius 1 is 1.10 bits per heavy atom. The van der Waals surface area contributed by atoms with Crippen LogP contribution in [0.25, 0.3) is 0 Å². The van der Waals surface area contributed by atoms with Crippen LogP contribution < -0.4 is 9.64 Å². The van der Waals surface area contributed by atoms with Crippen molar-refractivity contribution >= 4 is 17.6 Å². The van der Waals surface area contributed by atoms with Crippen LogP contribution in [-0.4, -0.2) is 94.9 Å². The molecule has 0 saturated carbocycles. The number of carbonyl (C=O) groups excluding carboxylic acids is 2. The van der Waals surface area contributed by atoms with Gasteiger partial charge in [-0.15, -0.1) is 0 Å². The number of benzene rings is 1. The first-order chi connectivity index (χ1) is 19.2. The van der Waals surface area contributed by atoms with Crippen LogP contribution in [-0.2, 0) is 4.79 Å². The summed E-state index contributed by atoms with van der Waals surface area (Å²) in [4.78, 5) is 42.0. The molecule has 4 heterocycles. The van der Waals surface area contributed by atoms with E-state index < -0.39 is 5.82 Å². The summed E-state index contributed by atoms with van der Waals surface area (Å²) < 4.78 is 20.5. The lowest BCUT2D eigenvalue weighted by Crippen LogP contribution is -2.41. The molecule has 5 rings (SSSR count).